The summed E-state index contributed by atoms with van der Waals surface area (Å²) in [5.74, 6) is 0. The molecule has 1 aromatic carbocycles. The molecule has 1 aliphatic carbocycles. The molecule has 0 amide bonds. The number of benzene rings is 1. The molecule has 0 heterocycles. The maximum atomic E-state index is 6.09. The summed E-state index contributed by atoms with van der Waals surface area (Å²) in [5.41, 5.74) is 2.90. The summed E-state index contributed by atoms with van der Waals surface area (Å²) >= 11 is 6.09. The van der Waals surface area contributed by atoms with Gasteiger partial charge >= 0.3 is 0 Å². The molecule has 0 aromatic heterocycles. The van der Waals surface area contributed by atoms with Crippen molar-refractivity contribution < 1.29 is 0 Å². The van der Waals surface area contributed by atoms with Crippen LogP contribution in [0.2, 0.25) is 5.02 Å². The maximum Gasteiger partial charge on any atom is 0.0435 e. The molecule has 0 aliphatic heterocycles. The van der Waals surface area contributed by atoms with Crippen molar-refractivity contribution in [2.45, 2.75) is 38.1 Å². The predicted molar refractivity (Wildman–Crippen MR) is 65.4 cm³/mol. The summed E-state index contributed by atoms with van der Waals surface area (Å²) in [7, 11) is 2.06. The molecule has 0 atom stereocenters. The first-order valence-corrected chi connectivity index (χ1v) is 6.01. The zero-order valence-electron chi connectivity index (χ0n) is 9.44. The van der Waals surface area contributed by atoms with Crippen LogP contribution in [0.25, 0.3) is 0 Å². The fourth-order valence-electron chi connectivity index (χ4n) is 2.74. The standard InChI is InChI=1S/C13H18ClN/c1-10-5-6-11(14)9-12(10)13(15-2)7-3-4-8-13/h5-6,9,15H,3-4,7-8H2,1-2H3. The molecule has 0 radical (unpaired) electrons. The van der Waals surface area contributed by atoms with E-state index in [1.807, 2.05) is 6.07 Å². The first-order chi connectivity index (χ1) is 7.18. The topological polar surface area (TPSA) is 12.0 Å². The maximum absolute atomic E-state index is 6.09. The zero-order chi connectivity index (χ0) is 10.9. The van der Waals surface area contributed by atoms with E-state index >= 15 is 0 Å². The predicted octanol–water partition coefficient (Wildman–Crippen LogP) is 3.64. The molecule has 1 saturated carbocycles. The lowest BCUT2D eigenvalue weighted by atomic mass is 9.85. The highest BCUT2D eigenvalue weighted by atomic mass is 35.5. The third-order valence-corrected chi connectivity index (χ3v) is 3.89. The van der Waals surface area contributed by atoms with E-state index in [1.54, 1.807) is 0 Å². The van der Waals surface area contributed by atoms with E-state index in [1.165, 1.54) is 36.8 Å². The molecule has 2 heteroatoms. The molecular formula is C13H18ClN. The van der Waals surface area contributed by atoms with Gasteiger partial charge in [0.25, 0.3) is 0 Å². The molecule has 82 valence electrons. The summed E-state index contributed by atoms with van der Waals surface area (Å²) in [4.78, 5) is 0. The molecule has 0 unspecified atom stereocenters. The van der Waals surface area contributed by atoms with Crippen LogP contribution in [0.3, 0.4) is 0 Å². The Bertz CT molecular complexity index is 354. The number of aryl methyl sites for hydroxylation is 1. The normalized spacial score (nSPS) is 19.4. The van der Waals surface area contributed by atoms with Gasteiger partial charge in [-0.3, -0.25) is 0 Å². The Morgan fingerprint density at radius 1 is 1.27 bits per heavy atom. The Labute approximate surface area is 96.8 Å². The van der Waals surface area contributed by atoms with Gasteiger partial charge in [-0.2, -0.15) is 0 Å². The minimum absolute atomic E-state index is 0.176. The van der Waals surface area contributed by atoms with E-state index in [0.29, 0.717) is 0 Å². The van der Waals surface area contributed by atoms with Gasteiger partial charge in [-0.25, -0.2) is 0 Å². The fraction of sp³-hybridized carbons (Fsp3) is 0.538. The highest BCUT2D eigenvalue weighted by Gasteiger charge is 2.34. The SMILES string of the molecule is CNC1(c2cc(Cl)ccc2C)CCCC1. The number of rotatable bonds is 2. The summed E-state index contributed by atoms with van der Waals surface area (Å²) in [6.45, 7) is 2.17. The van der Waals surface area contributed by atoms with Gasteiger partial charge in [0.05, 0.1) is 0 Å². The third kappa shape index (κ3) is 1.91. The molecule has 2 rings (SSSR count). The van der Waals surface area contributed by atoms with Crippen LogP contribution in [0, 0.1) is 6.92 Å². The van der Waals surface area contributed by atoms with Crippen molar-refractivity contribution in [3.63, 3.8) is 0 Å². The average Bonchev–Trinajstić information content (AvgIpc) is 2.71. The molecule has 1 fully saturated rings. The van der Waals surface area contributed by atoms with Crippen LogP contribution >= 0.6 is 11.6 Å². The molecule has 0 saturated heterocycles. The van der Waals surface area contributed by atoms with Crippen LogP contribution < -0.4 is 5.32 Å². The smallest absolute Gasteiger partial charge is 0.0435 e. The largest absolute Gasteiger partial charge is 0.310 e. The lowest BCUT2D eigenvalue weighted by molar-refractivity contribution is 0.371. The number of hydrogen-bond donors (Lipinski definition) is 1. The van der Waals surface area contributed by atoms with Crippen molar-refractivity contribution in [3.8, 4) is 0 Å². The van der Waals surface area contributed by atoms with Crippen LogP contribution in [0.15, 0.2) is 18.2 Å². The van der Waals surface area contributed by atoms with Crippen molar-refractivity contribution in [1.29, 1.82) is 0 Å². The minimum atomic E-state index is 0.176. The van der Waals surface area contributed by atoms with Gasteiger partial charge in [-0.1, -0.05) is 30.5 Å². The zero-order valence-corrected chi connectivity index (χ0v) is 10.2. The first kappa shape index (κ1) is 11.0. The molecule has 0 spiro atoms. The lowest BCUT2D eigenvalue weighted by Gasteiger charge is -2.31. The van der Waals surface area contributed by atoms with Gasteiger partial charge < -0.3 is 5.32 Å². The Hall–Kier alpha value is -0.530. The minimum Gasteiger partial charge on any atom is -0.310 e. The van der Waals surface area contributed by atoms with Crippen molar-refractivity contribution in [2.75, 3.05) is 7.05 Å². The van der Waals surface area contributed by atoms with E-state index in [9.17, 15) is 0 Å². The molecule has 0 bridgehead atoms. The summed E-state index contributed by atoms with van der Waals surface area (Å²) in [6, 6.07) is 6.21. The molecule has 1 aliphatic rings. The highest BCUT2D eigenvalue weighted by molar-refractivity contribution is 6.30. The van der Waals surface area contributed by atoms with Gasteiger partial charge in [0.15, 0.2) is 0 Å². The fourth-order valence-corrected chi connectivity index (χ4v) is 2.91. The number of halogens is 1. The van der Waals surface area contributed by atoms with Gasteiger partial charge in [-0.05, 0) is 50.1 Å². The second-order valence-corrected chi connectivity index (χ2v) is 4.93. The number of hydrogen-bond acceptors (Lipinski definition) is 1. The van der Waals surface area contributed by atoms with E-state index < -0.39 is 0 Å². The third-order valence-electron chi connectivity index (χ3n) is 3.65. The van der Waals surface area contributed by atoms with E-state index in [-0.39, 0.29) is 5.54 Å². The van der Waals surface area contributed by atoms with Crippen molar-refractivity contribution in [3.05, 3.63) is 34.3 Å². The Balaban J connectivity index is 2.46. The molecule has 1 nitrogen and oxygen atoms in total. The van der Waals surface area contributed by atoms with Gasteiger partial charge in [0, 0.05) is 10.6 Å². The second kappa shape index (κ2) is 4.15. The monoisotopic (exact) mass is 223 g/mol. The molecule has 1 aromatic rings. The Morgan fingerprint density at radius 2 is 1.93 bits per heavy atom. The van der Waals surface area contributed by atoms with Crippen molar-refractivity contribution in [2.24, 2.45) is 0 Å². The van der Waals surface area contributed by atoms with Gasteiger partial charge in [0.2, 0.25) is 0 Å². The van der Waals surface area contributed by atoms with Gasteiger partial charge in [-0.15, -0.1) is 0 Å². The summed E-state index contributed by atoms with van der Waals surface area (Å²) in [5, 5.41) is 4.35. The summed E-state index contributed by atoms with van der Waals surface area (Å²) < 4.78 is 0. The van der Waals surface area contributed by atoms with E-state index in [2.05, 4.69) is 31.4 Å². The van der Waals surface area contributed by atoms with Crippen LogP contribution in [-0.4, -0.2) is 7.05 Å². The Morgan fingerprint density at radius 3 is 2.53 bits per heavy atom. The Kier molecular flexibility index (Phi) is 3.03. The van der Waals surface area contributed by atoms with Gasteiger partial charge in [0.1, 0.15) is 0 Å². The van der Waals surface area contributed by atoms with E-state index in [4.69, 9.17) is 11.6 Å². The lowest BCUT2D eigenvalue weighted by Crippen LogP contribution is -2.37. The molecule has 15 heavy (non-hydrogen) atoms. The van der Waals surface area contributed by atoms with Crippen LogP contribution in [0.5, 0.6) is 0 Å². The van der Waals surface area contributed by atoms with Crippen molar-refractivity contribution >= 4 is 11.6 Å². The van der Waals surface area contributed by atoms with Crippen LogP contribution in [-0.2, 0) is 5.54 Å². The second-order valence-electron chi connectivity index (χ2n) is 4.50. The van der Waals surface area contributed by atoms with Crippen LogP contribution in [0.4, 0.5) is 0 Å². The van der Waals surface area contributed by atoms with E-state index in [0.717, 1.165) is 5.02 Å². The quantitative estimate of drug-likeness (QED) is 0.808. The molecular weight excluding hydrogens is 206 g/mol. The van der Waals surface area contributed by atoms with Crippen LogP contribution in [0.1, 0.15) is 36.8 Å². The first-order valence-electron chi connectivity index (χ1n) is 5.63. The number of nitrogens with one attached hydrogen (secondary N) is 1. The molecule has 1 N–H and O–H groups in total. The van der Waals surface area contributed by atoms with Crippen molar-refractivity contribution in [1.82, 2.24) is 5.32 Å². The highest BCUT2D eigenvalue weighted by Crippen LogP contribution is 2.40. The summed E-state index contributed by atoms with van der Waals surface area (Å²) in [6.07, 6.45) is 5.08. The average molecular weight is 224 g/mol.